The SMILES string of the molecule is CCCCCCCCCCCCCCCC(=O)O[C@H]1[C@@H](O[C@H]2O[C@@H]3COC(c4ccccc4)O[C@H]3[C@@H]3O[Si](C(C)C)(C(C)C)O[Si](C(C)C)(C(C)C)O[C@@H]23)O[C@@H]2COC(c3ccccc3)O[C@H]2[C@@H]1O. The Morgan fingerprint density at radius 3 is 1.49 bits per heavy atom. The maximum absolute atomic E-state index is 13.9. The van der Waals surface area contributed by atoms with Gasteiger partial charge in [0.25, 0.3) is 0 Å². The van der Waals surface area contributed by atoms with E-state index in [-0.39, 0.29) is 41.8 Å². The van der Waals surface area contributed by atoms with Crippen molar-refractivity contribution < 1.29 is 60.8 Å². The van der Waals surface area contributed by atoms with Gasteiger partial charge < -0.3 is 56.0 Å². The van der Waals surface area contributed by atoms with Crippen LogP contribution in [0.1, 0.15) is 176 Å². The summed E-state index contributed by atoms with van der Waals surface area (Å²) in [6.07, 6.45) is 4.94. The summed E-state index contributed by atoms with van der Waals surface area (Å²) in [7, 11) is -6.32. The van der Waals surface area contributed by atoms with Crippen molar-refractivity contribution in [3.8, 4) is 0 Å². The van der Waals surface area contributed by atoms with Crippen LogP contribution in [-0.4, -0.2) is 103 Å². The Bertz CT molecular complexity index is 1810. The third-order valence-electron chi connectivity index (χ3n) is 14.9. The molecule has 0 radical (unpaired) electrons. The van der Waals surface area contributed by atoms with E-state index in [9.17, 15) is 9.90 Å². The number of aliphatic hydroxyl groups is 1. The average Bonchev–Trinajstić information content (AvgIpc) is 3.53. The fourth-order valence-corrected chi connectivity index (χ4v) is 22.2. The molecule has 69 heavy (non-hydrogen) atoms. The Hall–Kier alpha value is -2.10. The molecule has 2 aromatic carbocycles. The number of hydrogen-bond acceptors (Lipinski definition) is 13. The van der Waals surface area contributed by atoms with Gasteiger partial charge in [0.2, 0.25) is 6.29 Å². The van der Waals surface area contributed by atoms with Gasteiger partial charge in [0.1, 0.15) is 42.7 Å². The van der Waals surface area contributed by atoms with Crippen LogP contribution < -0.4 is 0 Å². The number of carbonyl (C=O) groups is 1. The highest BCUT2D eigenvalue weighted by Crippen LogP contribution is 2.51. The van der Waals surface area contributed by atoms with E-state index in [0.717, 1.165) is 30.4 Å². The van der Waals surface area contributed by atoms with Crippen LogP contribution in [0.4, 0.5) is 0 Å². The Labute approximate surface area is 415 Å². The van der Waals surface area contributed by atoms with Crippen molar-refractivity contribution in [1.29, 1.82) is 0 Å². The fraction of sp³-hybridized carbons (Fsp3) is 0.759. The zero-order valence-electron chi connectivity index (χ0n) is 43.2. The molecule has 5 aliphatic rings. The van der Waals surface area contributed by atoms with Crippen LogP contribution in [0.3, 0.4) is 0 Å². The van der Waals surface area contributed by atoms with Crippen LogP contribution in [0.25, 0.3) is 0 Å². The number of rotatable bonds is 23. The lowest BCUT2D eigenvalue weighted by molar-refractivity contribution is -0.409. The van der Waals surface area contributed by atoms with Crippen molar-refractivity contribution >= 4 is 23.1 Å². The molecule has 1 N–H and O–H groups in total. The Balaban J connectivity index is 1.12. The Morgan fingerprint density at radius 1 is 0.565 bits per heavy atom. The van der Waals surface area contributed by atoms with Crippen molar-refractivity contribution in [2.75, 3.05) is 13.2 Å². The van der Waals surface area contributed by atoms with Gasteiger partial charge in [0.05, 0.1) is 13.2 Å². The van der Waals surface area contributed by atoms with E-state index >= 15 is 0 Å². The molecule has 0 aromatic heterocycles. The van der Waals surface area contributed by atoms with Gasteiger partial charge in [-0.3, -0.25) is 4.79 Å². The lowest BCUT2D eigenvalue weighted by Gasteiger charge is -2.52. The monoisotopic (exact) mass is 999 g/mol. The minimum Gasteiger partial charge on any atom is -0.454 e. The molecule has 12 atom stereocenters. The van der Waals surface area contributed by atoms with E-state index in [1.807, 2.05) is 60.7 Å². The van der Waals surface area contributed by atoms with E-state index < -0.39 is 97.1 Å². The van der Waals surface area contributed by atoms with E-state index in [2.05, 4.69) is 62.3 Å². The first-order valence-electron chi connectivity index (χ1n) is 26.8. The van der Waals surface area contributed by atoms with Crippen molar-refractivity contribution in [2.24, 2.45) is 0 Å². The van der Waals surface area contributed by atoms with Gasteiger partial charge in [-0.1, -0.05) is 200 Å². The third-order valence-corrected chi connectivity index (χ3v) is 25.2. The van der Waals surface area contributed by atoms with Gasteiger partial charge in [-0.15, -0.1) is 0 Å². The lowest BCUT2D eigenvalue weighted by atomic mass is 9.96. The minimum atomic E-state index is -3.19. The van der Waals surface area contributed by atoms with Crippen molar-refractivity contribution in [2.45, 2.75) is 248 Å². The Kier molecular flexibility index (Phi) is 20.4. The van der Waals surface area contributed by atoms with Gasteiger partial charge in [-0.2, -0.15) is 0 Å². The van der Waals surface area contributed by atoms with Gasteiger partial charge in [-0.05, 0) is 28.6 Å². The third kappa shape index (κ3) is 13.2. The van der Waals surface area contributed by atoms with Crippen LogP contribution in [0.5, 0.6) is 0 Å². The average molecular weight is 999 g/mol. The smallest absolute Gasteiger partial charge is 0.335 e. The predicted octanol–water partition coefficient (Wildman–Crippen LogP) is 11.8. The molecule has 2 aromatic rings. The van der Waals surface area contributed by atoms with Crippen molar-refractivity contribution in [1.82, 2.24) is 0 Å². The zero-order chi connectivity index (χ0) is 49.1. The first-order valence-corrected chi connectivity index (χ1v) is 30.8. The van der Waals surface area contributed by atoms with Crippen LogP contribution >= 0.6 is 0 Å². The summed E-state index contributed by atoms with van der Waals surface area (Å²) in [5.41, 5.74) is 1.86. The topological polar surface area (TPSA) is 139 Å². The highest BCUT2D eigenvalue weighted by molar-refractivity contribution is 6.84. The number of hydrogen-bond donors (Lipinski definition) is 1. The highest BCUT2D eigenvalue weighted by Gasteiger charge is 2.66. The molecule has 0 aliphatic carbocycles. The second kappa shape index (κ2) is 25.7. The molecule has 15 heteroatoms. The van der Waals surface area contributed by atoms with Gasteiger partial charge >= 0.3 is 23.1 Å². The lowest BCUT2D eigenvalue weighted by Crippen LogP contribution is -2.68. The fourth-order valence-electron chi connectivity index (χ4n) is 11.0. The number of fused-ring (bicyclic) bond motifs is 4. The normalized spacial score (nSPS) is 32.1. The van der Waals surface area contributed by atoms with Gasteiger partial charge in [-0.25, -0.2) is 0 Å². The molecule has 7 rings (SSSR count). The summed E-state index contributed by atoms with van der Waals surface area (Å²) in [6.45, 7) is 20.0. The number of aliphatic hydroxyl groups excluding tert-OH is 1. The summed E-state index contributed by atoms with van der Waals surface area (Å²) in [6, 6.07) is 19.4. The molecule has 5 heterocycles. The molecule has 5 fully saturated rings. The minimum absolute atomic E-state index is 0.0247. The summed E-state index contributed by atoms with van der Waals surface area (Å²) in [5.74, 6) is -0.439. The van der Waals surface area contributed by atoms with E-state index in [1.165, 1.54) is 57.8 Å². The molecule has 13 nitrogen and oxygen atoms in total. The molecule has 0 amide bonds. The van der Waals surface area contributed by atoms with Gasteiger partial charge in [0.15, 0.2) is 25.0 Å². The van der Waals surface area contributed by atoms with Crippen LogP contribution in [0.15, 0.2) is 60.7 Å². The number of benzene rings is 2. The molecule has 0 bridgehead atoms. The molecule has 5 aliphatic heterocycles. The molecule has 2 unspecified atom stereocenters. The summed E-state index contributed by atoms with van der Waals surface area (Å²) >= 11 is 0. The van der Waals surface area contributed by atoms with Crippen LogP contribution in [-0.2, 0) is 55.7 Å². The van der Waals surface area contributed by atoms with Gasteiger partial charge in [0, 0.05) is 17.5 Å². The second-order valence-corrected chi connectivity index (χ2v) is 30.1. The first-order chi connectivity index (χ1) is 33.3. The van der Waals surface area contributed by atoms with Crippen molar-refractivity contribution in [3.63, 3.8) is 0 Å². The number of esters is 1. The van der Waals surface area contributed by atoms with Crippen molar-refractivity contribution in [3.05, 3.63) is 71.8 Å². The molecule has 388 valence electrons. The molecular formula is C54H86O13Si2. The number of carbonyl (C=O) groups excluding carboxylic acids is 1. The molecule has 5 saturated heterocycles. The van der Waals surface area contributed by atoms with Crippen LogP contribution in [0, 0.1) is 0 Å². The predicted molar refractivity (Wildman–Crippen MR) is 267 cm³/mol. The standard InChI is InChI=1S/C54H86O13Si2/c1-10-11-12-13-14-15-16-17-18-19-20-21-28-33-44(55)61-48-45(56)46-42(34-57-51(62-46)40-29-24-22-25-30-40)59-53(48)64-54-50-49(47-43(60-54)35-58-52(63-47)41-31-26-23-27-32-41)65-68(36(2)3,37(4)5)67-69(66-50,38(6)7)39(8)9/h22-27,29-32,36-39,42-43,45-54,56H,10-21,28,33-35H2,1-9H3/t42-,43-,45+,46-,47-,48-,49+,50-,51?,52?,53-,54-/m1/s1. The van der Waals surface area contributed by atoms with E-state index in [1.54, 1.807) is 0 Å². The zero-order valence-corrected chi connectivity index (χ0v) is 45.2. The Morgan fingerprint density at radius 2 is 1.00 bits per heavy atom. The molecule has 0 spiro atoms. The molecular weight excluding hydrogens is 913 g/mol. The summed E-state index contributed by atoms with van der Waals surface area (Å²) < 4.78 is 75.5. The molecule has 0 saturated carbocycles. The maximum atomic E-state index is 13.9. The largest absolute Gasteiger partial charge is 0.454 e. The summed E-state index contributed by atoms with van der Waals surface area (Å²) in [5, 5.41) is 12.3. The van der Waals surface area contributed by atoms with E-state index in [0.29, 0.717) is 6.42 Å². The number of unbranched alkanes of at least 4 members (excludes halogenated alkanes) is 12. The first kappa shape index (κ1) is 54.7. The highest BCUT2D eigenvalue weighted by atomic mass is 28.5. The van der Waals surface area contributed by atoms with E-state index in [4.69, 9.17) is 50.9 Å². The quantitative estimate of drug-likeness (QED) is 0.0642. The summed E-state index contributed by atoms with van der Waals surface area (Å²) in [4.78, 5) is 13.9. The number of ether oxygens (including phenoxy) is 8. The van der Waals surface area contributed by atoms with Crippen LogP contribution in [0.2, 0.25) is 22.2 Å². The second-order valence-electron chi connectivity index (χ2n) is 21.3. The maximum Gasteiger partial charge on any atom is 0.335 e.